The Morgan fingerprint density at radius 1 is 0.950 bits per heavy atom. The number of benzene rings is 2. The van der Waals surface area contributed by atoms with Gasteiger partial charge in [-0.3, -0.25) is 4.79 Å². The van der Waals surface area contributed by atoms with Gasteiger partial charge in [-0.2, -0.15) is 0 Å². The van der Waals surface area contributed by atoms with Crippen molar-refractivity contribution in [1.29, 1.82) is 0 Å². The van der Waals surface area contributed by atoms with Crippen molar-refractivity contribution in [2.75, 3.05) is 0 Å². The topological polar surface area (TPSA) is 47.3 Å². The molecule has 0 spiro atoms. The monoisotopic (exact) mass is 376 g/mol. The lowest BCUT2D eigenvalue weighted by molar-refractivity contribution is 0.112. The first-order valence-corrected chi connectivity index (χ1v) is 7.06. The number of carbonyl (C=O) groups excluding carboxylic acids is 1. The van der Waals surface area contributed by atoms with Crippen molar-refractivity contribution in [3.05, 3.63) is 68.1 Å². The minimum Gasteiger partial charge on any atom is -0.421 e. The fraction of sp³-hybridized carbons (Fsp3) is 0. The zero-order valence-electron chi connectivity index (χ0n) is 10.3. The van der Waals surface area contributed by atoms with Gasteiger partial charge in [0.05, 0.1) is 8.96 Å². The summed E-state index contributed by atoms with van der Waals surface area (Å²) in [5.41, 5.74) is 0.746. The summed E-state index contributed by atoms with van der Waals surface area (Å²) in [6, 6.07) is 14.4. The van der Waals surface area contributed by atoms with Crippen molar-refractivity contribution in [2.24, 2.45) is 0 Å². The minimum atomic E-state index is -0.392. The average molecular weight is 376 g/mol. The van der Waals surface area contributed by atoms with Crippen molar-refractivity contribution in [3.8, 4) is 11.3 Å². The third-order valence-corrected chi connectivity index (χ3v) is 4.18. The summed E-state index contributed by atoms with van der Waals surface area (Å²) in [6.07, 6.45) is 0.764. The average Bonchev–Trinajstić information content (AvgIpc) is 2.51. The Balaban J connectivity index is 2.41. The molecule has 3 nitrogen and oxygen atoms in total. The highest BCUT2D eigenvalue weighted by Gasteiger charge is 2.15. The number of aldehydes is 1. The molecule has 0 aliphatic heterocycles. The highest BCUT2D eigenvalue weighted by atomic mass is 127. The molecular formula is C16H9IO3. The lowest BCUT2D eigenvalue weighted by atomic mass is 10.0. The van der Waals surface area contributed by atoms with Crippen LogP contribution in [0.15, 0.2) is 57.7 Å². The Morgan fingerprint density at radius 2 is 1.60 bits per heavy atom. The van der Waals surface area contributed by atoms with Gasteiger partial charge in [-0.1, -0.05) is 42.5 Å². The normalized spacial score (nSPS) is 10.7. The largest absolute Gasteiger partial charge is 0.421 e. The molecule has 0 aliphatic carbocycles. The third-order valence-electron chi connectivity index (χ3n) is 3.11. The summed E-state index contributed by atoms with van der Waals surface area (Å²) in [6.45, 7) is 0. The highest BCUT2D eigenvalue weighted by molar-refractivity contribution is 14.1. The first-order valence-electron chi connectivity index (χ1n) is 5.98. The molecular weight excluding hydrogens is 367 g/mol. The Labute approximate surface area is 128 Å². The molecule has 3 aromatic rings. The van der Waals surface area contributed by atoms with Gasteiger partial charge in [-0.05, 0) is 28.7 Å². The SMILES string of the molecule is O=Cc1ccccc1-c1oc(=O)c2ccccc2c1I. The van der Waals surface area contributed by atoms with Gasteiger partial charge >= 0.3 is 5.63 Å². The van der Waals surface area contributed by atoms with Crippen LogP contribution >= 0.6 is 22.6 Å². The van der Waals surface area contributed by atoms with E-state index in [2.05, 4.69) is 22.6 Å². The van der Waals surface area contributed by atoms with Crippen LogP contribution in [0.4, 0.5) is 0 Å². The lowest BCUT2D eigenvalue weighted by Gasteiger charge is -2.08. The molecule has 0 bridgehead atoms. The van der Waals surface area contributed by atoms with E-state index in [0.29, 0.717) is 22.3 Å². The molecule has 2 aromatic carbocycles. The molecule has 4 heteroatoms. The molecule has 0 aliphatic rings. The maximum atomic E-state index is 12.1. The van der Waals surface area contributed by atoms with Crippen molar-refractivity contribution in [1.82, 2.24) is 0 Å². The summed E-state index contributed by atoms with van der Waals surface area (Å²) in [5, 5.41) is 1.38. The molecule has 98 valence electrons. The summed E-state index contributed by atoms with van der Waals surface area (Å²) >= 11 is 2.14. The van der Waals surface area contributed by atoms with Gasteiger partial charge in [0.2, 0.25) is 0 Å². The Bertz CT molecular complexity index is 865. The highest BCUT2D eigenvalue weighted by Crippen LogP contribution is 2.30. The number of fused-ring (bicyclic) bond motifs is 1. The molecule has 0 saturated carbocycles. The standard InChI is InChI=1S/C16H9IO3/c17-14-12-7-3-4-8-13(12)16(19)20-15(14)11-6-2-1-5-10(11)9-18/h1-9H. The van der Waals surface area contributed by atoms with Gasteiger partial charge in [0.15, 0.2) is 12.0 Å². The van der Waals surface area contributed by atoms with E-state index in [0.717, 1.165) is 15.2 Å². The number of halogens is 1. The van der Waals surface area contributed by atoms with Gasteiger partial charge in [0, 0.05) is 16.5 Å². The van der Waals surface area contributed by atoms with Crippen molar-refractivity contribution >= 4 is 39.6 Å². The summed E-state index contributed by atoms with van der Waals surface area (Å²) < 4.78 is 6.25. The fourth-order valence-electron chi connectivity index (χ4n) is 2.15. The molecule has 1 heterocycles. The van der Waals surface area contributed by atoms with Gasteiger partial charge in [-0.25, -0.2) is 4.79 Å². The predicted molar refractivity (Wildman–Crippen MR) is 86.0 cm³/mol. The summed E-state index contributed by atoms with van der Waals surface area (Å²) in [4.78, 5) is 23.2. The van der Waals surface area contributed by atoms with Crippen LogP contribution in [-0.2, 0) is 0 Å². The van der Waals surface area contributed by atoms with E-state index in [-0.39, 0.29) is 0 Å². The molecule has 0 unspecified atom stereocenters. The molecule has 3 rings (SSSR count). The summed E-state index contributed by atoms with van der Waals surface area (Å²) in [5.74, 6) is 0.442. The first kappa shape index (κ1) is 13.1. The lowest BCUT2D eigenvalue weighted by Crippen LogP contribution is -2.03. The maximum absolute atomic E-state index is 12.1. The second-order valence-electron chi connectivity index (χ2n) is 4.28. The number of hydrogen-bond acceptors (Lipinski definition) is 3. The van der Waals surface area contributed by atoms with Crippen molar-refractivity contribution < 1.29 is 9.21 Å². The molecule has 0 atom stereocenters. The molecule has 0 N–H and O–H groups in total. The Kier molecular flexibility index (Phi) is 3.40. The summed E-state index contributed by atoms with van der Waals surface area (Å²) in [7, 11) is 0. The first-order chi connectivity index (χ1) is 9.72. The quantitative estimate of drug-likeness (QED) is 0.504. The third kappa shape index (κ3) is 2.06. The Hall–Kier alpha value is -1.95. The number of hydrogen-bond donors (Lipinski definition) is 0. The van der Waals surface area contributed by atoms with Gasteiger partial charge in [-0.15, -0.1) is 0 Å². The van der Waals surface area contributed by atoms with Crippen molar-refractivity contribution in [3.63, 3.8) is 0 Å². The van der Waals surface area contributed by atoms with E-state index in [1.54, 1.807) is 30.3 Å². The van der Waals surface area contributed by atoms with Crippen LogP contribution in [0, 0.1) is 3.57 Å². The molecule has 0 saturated heterocycles. The zero-order valence-corrected chi connectivity index (χ0v) is 12.5. The van der Waals surface area contributed by atoms with E-state index in [1.165, 1.54) is 0 Å². The molecule has 20 heavy (non-hydrogen) atoms. The molecule has 0 fully saturated rings. The number of carbonyl (C=O) groups is 1. The number of rotatable bonds is 2. The second kappa shape index (κ2) is 5.20. The van der Waals surface area contributed by atoms with Crippen LogP contribution in [0.2, 0.25) is 0 Å². The fourth-order valence-corrected chi connectivity index (χ4v) is 3.02. The van der Waals surface area contributed by atoms with Crippen LogP contribution in [0.3, 0.4) is 0 Å². The Morgan fingerprint density at radius 3 is 2.35 bits per heavy atom. The maximum Gasteiger partial charge on any atom is 0.344 e. The van der Waals surface area contributed by atoms with Crippen LogP contribution in [0.5, 0.6) is 0 Å². The van der Waals surface area contributed by atoms with E-state index in [9.17, 15) is 9.59 Å². The second-order valence-corrected chi connectivity index (χ2v) is 5.36. The van der Waals surface area contributed by atoms with Crippen LogP contribution in [0.25, 0.3) is 22.1 Å². The molecule has 0 amide bonds. The van der Waals surface area contributed by atoms with Gasteiger partial charge in [0.25, 0.3) is 0 Å². The van der Waals surface area contributed by atoms with E-state index in [1.807, 2.05) is 18.2 Å². The smallest absolute Gasteiger partial charge is 0.344 e. The minimum absolute atomic E-state index is 0.392. The molecule has 0 radical (unpaired) electrons. The van der Waals surface area contributed by atoms with Gasteiger partial charge < -0.3 is 4.42 Å². The van der Waals surface area contributed by atoms with Gasteiger partial charge in [0.1, 0.15) is 0 Å². The van der Waals surface area contributed by atoms with Crippen LogP contribution in [0.1, 0.15) is 10.4 Å². The molecule has 1 aromatic heterocycles. The van der Waals surface area contributed by atoms with E-state index < -0.39 is 5.63 Å². The van der Waals surface area contributed by atoms with Crippen molar-refractivity contribution in [2.45, 2.75) is 0 Å². The van der Waals surface area contributed by atoms with Crippen LogP contribution in [-0.4, -0.2) is 6.29 Å². The predicted octanol–water partition coefficient (Wildman–Crippen LogP) is 3.88. The van der Waals surface area contributed by atoms with Crippen LogP contribution < -0.4 is 5.63 Å². The van der Waals surface area contributed by atoms with E-state index >= 15 is 0 Å². The zero-order chi connectivity index (χ0) is 14.1. The van der Waals surface area contributed by atoms with E-state index in [4.69, 9.17) is 4.42 Å².